The van der Waals surface area contributed by atoms with Crippen LogP contribution < -0.4 is 0 Å². The summed E-state index contributed by atoms with van der Waals surface area (Å²) in [6.45, 7) is 9.72. The SMILES string of the molecule is C=C1CC[C@H]2[C@H](C(C)(C)O)CC[C@]2(C)[C@@H](O)C=C(CO)CC[C@@H]1O. The van der Waals surface area contributed by atoms with E-state index < -0.39 is 17.8 Å². The Kier molecular flexibility index (Phi) is 5.96. The monoisotopic (exact) mass is 338 g/mol. The lowest BCUT2D eigenvalue weighted by Crippen LogP contribution is -2.42. The predicted octanol–water partition coefficient (Wildman–Crippen LogP) is 2.56. The Hall–Kier alpha value is -0.680. The fourth-order valence-electron chi connectivity index (χ4n) is 4.72. The quantitative estimate of drug-likeness (QED) is 0.583. The normalized spacial score (nSPS) is 39.1. The number of hydrogen-bond donors (Lipinski definition) is 4. The number of rotatable bonds is 2. The maximum absolute atomic E-state index is 10.9. The third-order valence-electron chi connectivity index (χ3n) is 6.49. The van der Waals surface area contributed by atoms with Gasteiger partial charge in [0.1, 0.15) is 0 Å². The molecule has 0 aliphatic heterocycles. The van der Waals surface area contributed by atoms with Gasteiger partial charge in [0.05, 0.1) is 24.4 Å². The van der Waals surface area contributed by atoms with Crippen molar-refractivity contribution in [2.24, 2.45) is 17.3 Å². The van der Waals surface area contributed by atoms with Crippen LogP contribution in [0.15, 0.2) is 23.8 Å². The van der Waals surface area contributed by atoms with E-state index in [-0.39, 0.29) is 23.9 Å². The molecule has 0 unspecified atom stereocenters. The van der Waals surface area contributed by atoms with Gasteiger partial charge < -0.3 is 20.4 Å². The zero-order chi connectivity index (χ0) is 18.1. The summed E-state index contributed by atoms with van der Waals surface area (Å²) in [4.78, 5) is 0. The van der Waals surface area contributed by atoms with Crippen LogP contribution >= 0.6 is 0 Å². The molecule has 2 aliphatic carbocycles. The molecule has 2 aliphatic rings. The van der Waals surface area contributed by atoms with Gasteiger partial charge in [0.15, 0.2) is 0 Å². The zero-order valence-electron chi connectivity index (χ0n) is 15.3. The molecule has 2 rings (SSSR count). The van der Waals surface area contributed by atoms with Crippen molar-refractivity contribution in [2.45, 2.75) is 77.1 Å². The van der Waals surface area contributed by atoms with Crippen LogP contribution in [0.1, 0.15) is 59.3 Å². The highest BCUT2D eigenvalue weighted by Gasteiger charge is 2.52. The van der Waals surface area contributed by atoms with Gasteiger partial charge in [-0.15, -0.1) is 0 Å². The van der Waals surface area contributed by atoms with Crippen molar-refractivity contribution < 1.29 is 20.4 Å². The third kappa shape index (κ3) is 3.93. The second-order valence-corrected chi connectivity index (χ2v) is 8.59. The van der Waals surface area contributed by atoms with Crippen LogP contribution in [0.3, 0.4) is 0 Å². The second-order valence-electron chi connectivity index (χ2n) is 8.59. The maximum Gasteiger partial charge on any atom is 0.0780 e. The second kappa shape index (κ2) is 7.28. The van der Waals surface area contributed by atoms with E-state index in [4.69, 9.17) is 0 Å². The number of fused-ring (bicyclic) bond motifs is 1. The smallest absolute Gasteiger partial charge is 0.0780 e. The average molecular weight is 338 g/mol. The molecule has 1 saturated carbocycles. The highest BCUT2D eigenvalue weighted by Crippen LogP contribution is 2.55. The summed E-state index contributed by atoms with van der Waals surface area (Å²) in [6.07, 6.45) is 4.86. The summed E-state index contributed by atoms with van der Waals surface area (Å²) in [5.41, 5.74) is 0.447. The van der Waals surface area contributed by atoms with Crippen molar-refractivity contribution >= 4 is 0 Å². The molecule has 0 heterocycles. The summed E-state index contributed by atoms with van der Waals surface area (Å²) in [5, 5.41) is 41.4. The molecule has 0 bridgehead atoms. The van der Waals surface area contributed by atoms with Crippen LogP contribution in [0.2, 0.25) is 0 Å². The van der Waals surface area contributed by atoms with Gasteiger partial charge >= 0.3 is 0 Å². The summed E-state index contributed by atoms with van der Waals surface area (Å²) in [5.74, 6) is 0.250. The lowest BCUT2D eigenvalue weighted by molar-refractivity contribution is -0.0376. The van der Waals surface area contributed by atoms with Gasteiger partial charge in [-0.1, -0.05) is 19.6 Å². The molecule has 0 aromatic heterocycles. The molecule has 0 amide bonds. The van der Waals surface area contributed by atoms with Crippen LogP contribution in [0.4, 0.5) is 0 Å². The highest BCUT2D eigenvalue weighted by molar-refractivity contribution is 5.15. The molecule has 0 spiro atoms. The standard InChI is InChI=1S/C20H34O4/c1-13-5-7-16-15(19(2,3)24)9-10-20(16,4)18(23)11-14(12-21)6-8-17(13)22/h11,15-18,21-24H,1,5-10,12H2,2-4H3/t15-,16+,17+,18+,20+/m1/s1. The first-order valence-electron chi connectivity index (χ1n) is 9.16. The van der Waals surface area contributed by atoms with Crippen LogP contribution in [0.5, 0.6) is 0 Å². The average Bonchev–Trinajstić information content (AvgIpc) is 2.85. The predicted molar refractivity (Wildman–Crippen MR) is 95.4 cm³/mol. The van der Waals surface area contributed by atoms with E-state index in [1.165, 1.54) is 0 Å². The van der Waals surface area contributed by atoms with Crippen molar-refractivity contribution in [3.05, 3.63) is 23.8 Å². The third-order valence-corrected chi connectivity index (χ3v) is 6.49. The Morgan fingerprint density at radius 2 is 1.88 bits per heavy atom. The first kappa shape index (κ1) is 19.6. The number of hydrogen-bond acceptors (Lipinski definition) is 4. The minimum atomic E-state index is -0.800. The maximum atomic E-state index is 10.9. The molecule has 5 atom stereocenters. The molecule has 0 radical (unpaired) electrons. The lowest BCUT2D eigenvalue weighted by Gasteiger charge is -2.41. The zero-order valence-corrected chi connectivity index (χ0v) is 15.3. The van der Waals surface area contributed by atoms with Crippen molar-refractivity contribution in [3.8, 4) is 0 Å². The Morgan fingerprint density at radius 3 is 2.46 bits per heavy atom. The highest BCUT2D eigenvalue weighted by atomic mass is 16.3. The van der Waals surface area contributed by atoms with E-state index in [0.29, 0.717) is 19.3 Å². The van der Waals surface area contributed by atoms with Gasteiger partial charge in [0, 0.05) is 5.41 Å². The Morgan fingerprint density at radius 1 is 1.21 bits per heavy atom. The van der Waals surface area contributed by atoms with Crippen molar-refractivity contribution in [1.29, 1.82) is 0 Å². The Bertz CT molecular complexity index is 490. The van der Waals surface area contributed by atoms with Gasteiger partial charge in [-0.25, -0.2) is 0 Å². The van der Waals surface area contributed by atoms with Gasteiger partial charge in [0.25, 0.3) is 0 Å². The van der Waals surface area contributed by atoms with E-state index in [1.807, 2.05) is 13.8 Å². The molecule has 0 aromatic carbocycles. The first-order valence-corrected chi connectivity index (χ1v) is 9.16. The van der Waals surface area contributed by atoms with Gasteiger partial charge in [-0.2, -0.15) is 0 Å². The van der Waals surface area contributed by atoms with Crippen molar-refractivity contribution in [1.82, 2.24) is 0 Å². The van der Waals surface area contributed by atoms with Crippen LogP contribution in [-0.2, 0) is 0 Å². The molecule has 4 heteroatoms. The molecule has 0 saturated heterocycles. The molecule has 24 heavy (non-hydrogen) atoms. The van der Waals surface area contributed by atoms with Crippen LogP contribution in [-0.4, -0.2) is 44.8 Å². The van der Waals surface area contributed by atoms with Crippen molar-refractivity contribution in [3.63, 3.8) is 0 Å². The minimum absolute atomic E-state index is 0.105. The van der Waals surface area contributed by atoms with Crippen LogP contribution in [0.25, 0.3) is 0 Å². The molecular weight excluding hydrogens is 304 g/mol. The topological polar surface area (TPSA) is 80.9 Å². The van der Waals surface area contributed by atoms with Gasteiger partial charge in [0.2, 0.25) is 0 Å². The Labute approximate surface area is 145 Å². The molecular formula is C20H34O4. The summed E-state index contributed by atoms with van der Waals surface area (Å²) in [7, 11) is 0. The summed E-state index contributed by atoms with van der Waals surface area (Å²) in [6, 6.07) is 0. The van der Waals surface area contributed by atoms with Gasteiger partial charge in [-0.3, -0.25) is 0 Å². The van der Waals surface area contributed by atoms with Crippen LogP contribution in [0, 0.1) is 17.3 Å². The largest absolute Gasteiger partial charge is 0.392 e. The van der Waals surface area contributed by atoms with E-state index in [1.54, 1.807) is 6.08 Å². The van der Waals surface area contributed by atoms with E-state index >= 15 is 0 Å². The molecule has 4 N–H and O–H groups in total. The molecule has 1 fully saturated rings. The Balaban J connectivity index is 2.39. The molecule has 0 aromatic rings. The fraction of sp³-hybridized carbons (Fsp3) is 0.800. The first-order chi connectivity index (χ1) is 11.1. The number of aliphatic hydroxyl groups excluding tert-OH is 3. The minimum Gasteiger partial charge on any atom is -0.392 e. The lowest BCUT2D eigenvalue weighted by atomic mass is 9.67. The van der Waals surface area contributed by atoms with Gasteiger partial charge in [-0.05, 0) is 75.4 Å². The van der Waals surface area contributed by atoms with Crippen molar-refractivity contribution in [2.75, 3.05) is 6.61 Å². The van der Waals surface area contributed by atoms with E-state index in [9.17, 15) is 20.4 Å². The number of aliphatic hydroxyl groups is 4. The van der Waals surface area contributed by atoms with E-state index in [2.05, 4.69) is 13.5 Å². The summed E-state index contributed by atoms with van der Waals surface area (Å²) >= 11 is 0. The van der Waals surface area contributed by atoms with E-state index in [0.717, 1.165) is 30.4 Å². The molecule has 4 nitrogen and oxygen atoms in total. The summed E-state index contributed by atoms with van der Waals surface area (Å²) < 4.78 is 0. The molecule has 138 valence electrons. The fourth-order valence-corrected chi connectivity index (χ4v) is 4.72.